The minimum Gasteiger partial charge on any atom is -0.495 e. The Morgan fingerprint density at radius 2 is 2.15 bits per heavy atom. The molecule has 7 heteroatoms. The highest BCUT2D eigenvalue weighted by molar-refractivity contribution is 7.89. The van der Waals surface area contributed by atoms with Crippen molar-refractivity contribution in [2.24, 2.45) is 11.1 Å². The lowest BCUT2D eigenvalue weighted by atomic mass is 9.85. The molecule has 1 saturated carbocycles. The van der Waals surface area contributed by atoms with Crippen LogP contribution in [0, 0.1) is 5.92 Å². The molecule has 0 radical (unpaired) electrons. The van der Waals surface area contributed by atoms with Crippen molar-refractivity contribution in [2.75, 3.05) is 7.11 Å². The number of benzene rings is 1. The predicted molar refractivity (Wildman–Crippen MR) is 73.6 cm³/mol. The number of hydrogen-bond acceptors (Lipinski definition) is 4. The zero-order chi connectivity index (χ0) is 14.8. The van der Waals surface area contributed by atoms with E-state index < -0.39 is 10.0 Å². The van der Waals surface area contributed by atoms with E-state index in [1.54, 1.807) is 6.07 Å². The molecule has 0 bridgehead atoms. The van der Waals surface area contributed by atoms with Crippen molar-refractivity contribution < 1.29 is 17.9 Å². The SMILES string of the molecule is COc1ccc(CNC(=O)C2CCC2)cc1S(N)(=O)=O. The van der Waals surface area contributed by atoms with Crippen LogP contribution in [0.4, 0.5) is 0 Å². The third-order valence-electron chi connectivity index (χ3n) is 3.48. The molecule has 0 saturated heterocycles. The molecule has 1 amide bonds. The molecule has 0 aliphatic heterocycles. The lowest BCUT2D eigenvalue weighted by Gasteiger charge is -2.24. The Hall–Kier alpha value is -1.60. The zero-order valence-electron chi connectivity index (χ0n) is 11.3. The molecule has 1 fully saturated rings. The van der Waals surface area contributed by atoms with Crippen LogP contribution in [0.1, 0.15) is 24.8 Å². The molecule has 1 aliphatic carbocycles. The van der Waals surface area contributed by atoms with E-state index in [-0.39, 0.29) is 29.0 Å². The molecule has 2 rings (SSSR count). The fourth-order valence-electron chi connectivity index (χ4n) is 2.06. The van der Waals surface area contributed by atoms with Gasteiger partial charge < -0.3 is 10.1 Å². The summed E-state index contributed by atoms with van der Waals surface area (Å²) in [5.74, 6) is 0.316. The van der Waals surface area contributed by atoms with E-state index in [1.807, 2.05) is 0 Å². The van der Waals surface area contributed by atoms with Crippen molar-refractivity contribution in [3.63, 3.8) is 0 Å². The second-order valence-electron chi connectivity index (χ2n) is 4.88. The maximum Gasteiger partial charge on any atom is 0.241 e. The van der Waals surface area contributed by atoms with Crippen LogP contribution >= 0.6 is 0 Å². The van der Waals surface area contributed by atoms with Crippen LogP contribution in [0.25, 0.3) is 0 Å². The molecule has 1 aromatic rings. The molecule has 3 N–H and O–H groups in total. The second-order valence-corrected chi connectivity index (χ2v) is 6.41. The smallest absolute Gasteiger partial charge is 0.241 e. The third kappa shape index (κ3) is 3.29. The van der Waals surface area contributed by atoms with E-state index in [0.29, 0.717) is 5.56 Å². The number of sulfonamides is 1. The van der Waals surface area contributed by atoms with Crippen molar-refractivity contribution in [3.05, 3.63) is 23.8 Å². The summed E-state index contributed by atoms with van der Waals surface area (Å²) in [6.45, 7) is 0.280. The van der Waals surface area contributed by atoms with E-state index >= 15 is 0 Å². The molecule has 0 heterocycles. The summed E-state index contributed by atoms with van der Waals surface area (Å²) in [5, 5.41) is 7.94. The molecule has 6 nitrogen and oxygen atoms in total. The summed E-state index contributed by atoms with van der Waals surface area (Å²) in [4.78, 5) is 11.7. The number of carbonyl (C=O) groups is 1. The van der Waals surface area contributed by atoms with Crippen molar-refractivity contribution in [2.45, 2.75) is 30.7 Å². The Kier molecular flexibility index (Phi) is 4.29. The van der Waals surface area contributed by atoms with Gasteiger partial charge in [0.05, 0.1) is 7.11 Å². The van der Waals surface area contributed by atoms with E-state index in [1.165, 1.54) is 19.2 Å². The minimum absolute atomic E-state index is 0.0178. The van der Waals surface area contributed by atoms with Crippen molar-refractivity contribution in [1.82, 2.24) is 5.32 Å². The number of nitrogens with two attached hydrogens (primary N) is 1. The fourth-order valence-corrected chi connectivity index (χ4v) is 2.80. The molecule has 0 unspecified atom stereocenters. The minimum atomic E-state index is -3.85. The second kappa shape index (κ2) is 5.80. The molecule has 1 aromatic carbocycles. The Balaban J connectivity index is 2.10. The lowest BCUT2D eigenvalue weighted by molar-refractivity contribution is -0.127. The fraction of sp³-hybridized carbons (Fsp3) is 0.462. The van der Waals surface area contributed by atoms with Gasteiger partial charge in [-0.3, -0.25) is 4.79 Å². The average Bonchev–Trinajstić information content (AvgIpc) is 2.33. The van der Waals surface area contributed by atoms with Crippen molar-refractivity contribution in [3.8, 4) is 5.75 Å². The first-order chi connectivity index (χ1) is 9.41. The van der Waals surface area contributed by atoms with Crippen LogP contribution < -0.4 is 15.2 Å². The van der Waals surface area contributed by atoms with Gasteiger partial charge in [-0.25, -0.2) is 13.6 Å². The molecule has 20 heavy (non-hydrogen) atoms. The van der Waals surface area contributed by atoms with Crippen LogP contribution in [-0.2, 0) is 21.4 Å². The van der Waals surface area contributed by atoms with Gasteiger partial charge in [0, 0.05) is 12.5 Å². The van der Waals surface area contributed by atoms with Gasteiger partial charge in [-0.05, 0) is 30.5 Å². The number of methoxy groups -OCH3 is 1. The Bertz CT molecular complexity index is 609. The van der Waals surface area contributed by atoms with Crippen molar-refractivity contribution in [1.29, 1.82) is 0 Å². The largest absolute Gasteiger partial charge is 0.495 e. The number of primary sulfonamides is 1. The molecule has 110 valence electrons. The van der Waals surface area contributed by atoms with E-state index in [0.717, 1.165) is 19.3 Å². The Morgan fingerprint density at radius 3 is 2.65 bits per heavy atom. The standard InChI is InChI=1S/C13H18N2O4S/c1-19-11-6-5-9(7-12(11)20(14,17)18)8-15-13(16)10-3-2-4-10/h5-7,10H,2-4,8H2,1H3,(H,15,16)(H2,14,17,18). The lowest BCUT2D eigenvalue weighted by Crippen LogP contribution is -2.34. The first kappa shape index (κ1) is 14.8. The highest BCUT2D eigenvalue weighted by atomic mass is 32.2. The van der Waals surface area contributed by atoms with Gasteiger partial charge in [-0.1, -0.05) is 12.5 Å². The average molecular weight is 298 g/mol. The van der Waals surface area contributed by atoms with E-state index in [2.05, 4.69) is 5.32 Å². The number of rotatable bonds is 5. The van der Waals surface area contributed by atoms with Crippen LogP contribution in [0.3, 0.4) is 0 Å². The summed E-state index contributed by atoms with van der Waals surface area (Å²) in [6.07, 6.45) is 2.95. The summed E-state index contributed by atoms with van der Waals surface area (Å²) >= 11 is 0. The monoisotopic (exact) mass is 298 g/mol. The van der Waals surface area contributed by atoms with Crippen LogP contribution in [0.5, 0.6) is 5.75 Å². The van der Waals surface area contributed by atoms with E-state index in [9.17, 15) is 13.2 Å². The van der Waals surface area contributed by atoms with Gasteiger partial charge in [-0.15, -0.1) is 0 Å². The summed E-state index contributed by atoms with van der Waals surface area (Å²) in [6, 6.07) is 4.66. The first-order valence-electron chi connectivity index (χ1n) is 6.39. The molecule has 0 aromatic heterocycles. The summed E-state index contributed by atoms with van der Waals surface area (Å²) in [7, 11) is -2.48. The van der Waals surface area contributed by atoms with Crippen LogP contribution in [0.15, 0.2) is 23.1 Å². The van der Waals surface area contributed by atoms with Crippen LogP contribution in [0.2, 0.25) is 0 Å². The predicted octanol–water partition coefficient (Wildman–Crippen LogP) is 0.759. The Labute approximate surface area is 118 Å². The molecule has 1 aliphatic rings. The molecule has 0 spiro atoms. The number of amides is 1. The topological polar surface area (TPSA) is 98.5 Å². The molecular formula is C13H18N2O4S. The third-order valence-corrected chi connectivity index (χ3v) is 4.41. The molecule has 0 atom stereocenters. The number of ether oxygens (including phenoxy) is 1. The quantitative estimate of drug-likeness (QED) is 0.838. The van der Waals surface area contributed by atoms with Crippen LogP contribution in [-0.4, -0.2) is 21.4 Å². The highest BCUT2D eigenvalue weighted by Gasteiger charge is 2.24. The van der Waals surface area contributed by atoms with Gasteiger partial charge in [-0.2, -0.15) is 0 Å². The Morgan fingerprint density at radius 1 is 1.45 bits per heavy atom. The highest BCUT2D eigenvalue weighted by Crippen LogP contribution is 2.27. The van der Waals surface area contributed by atoms with Gasteiger partial charge in [0.2, 0.25) is 15.9 Å². The van der Waals surface area contributed by atoms with E-state index in [4.69, 9.17) is 9.88 Å². The molecular weight excluding hydrogens is 280 g/mol. The van der Waals surface area contributed by atoms with Crippen molar-refractivity contribution >= 4 is 15.9 Å². The maximum atomic E-state index is 11.7. The normalized spacial score (nSPS) is 15.5. The van der Waals surface area contributed by atoms with Gasteiger partial charge in [0.15, 0.2) is 0 Å². The van der Waals surface area contributed by atoms with Gasteiger partial charge >= 0.3 is 0 Å². The number of carbonyl (C=O) groups excluding carboxylic acids is 1. The van der Waals surface area contributed by atoms with Gasteiger partial charge in [0.25, 0.3) is 0 Å². The first-order valence-corrected chi connectivity index (χ1v) is 7.94. The summed E-state index contributed by atoms with van der Waals surface area (Å²) in [5.41, 5.74) is 0.669. The number of nitrogens with one attached hydrogen (secondary N) is 1. The zero-order valence-corrected chi connectivity index (χ0v) is 12.1. The summed E-state index contributed by atoms with van der Waals surface area (Å²) < 4.78 is 27.9. The number of hydrogen-bond donors (Lipinski definition) is 2. The maximum absolute atomic E-state index is 11.7. The van der Waals surface area contributed by atoms with Gasteiger partial charge in [0.1, 0.15) is 10.6 Å².